The molecule has 1 saturated heterocycles. The molecule has 0 radical (unpaired) electrons. The van der Waals surface area contributed by atoms with Crippen molar-refractivity contribution in [3.8, 4) is 0 Å². The van der Waals surface area contributed by atoms with Crippen LogP contribution in [0, 0.1) is 0 Å². The molecule has 4 rings (SSSR count). The van der Waals surface area contributed by atoms with Crippen LogP contribution < -0.4 is 5.32 Å². The maximum Gasteiger partial charge on any atom is 0.254 e. The summed E-state index contributed by atoms with van der Waals surface area (Å²) in [6, 6.07) is 7.76. The fraction of sp³-hybridized carbons (Fsp3) is 0.636. The number of carbonyl (C=O) groups is 2. The van der Waals surface area contributed by atoms with Gasteiger partial charge in [0.25, 0.3) is 5.91 Å². The fourth-order valence-electron chi connectivity index (χ4n) is 5.29. The van der Waals surface area contributed by atoms with E-state index in [0.717, 1.165) is 50.7 Å². The number of ether oxygens (including phenoxy) is 1. The Morgan fingerprint density at radius 1 is 1.26 bits per heavy atom. The largest absolute Gasteiger partial charge is 0.376 e. The number of nitrogens with zero attached hydrogens (tertiary/aromatic N) is 1. The van der Waals surface area contributed by atoms with Crippen molar-refractivity contribution in [2.24, 2.45) is 0 Å². The first kappa shape index (κ1) is 18.5. The Kier molecular flexibility index (Phi) is 4.97. The summed E-state index contributed by atoms with van der Waals surface area (Å²) in [5.74, 6) is -0.196. The highest BCUT2D eigenvalue weighted by atomic mass is 16.5. The van der Waals surface area contributed by atoms with Crippen molar-refractivity contribution in [2.75, 3.05) is 13.2 Å². The lowest BCUT2D eigenvalue weighted by atomic mass is 9.70. The highest BCUT2D eigenvalue weighted by Gasteiger charge is 2.56. The molecule has 2 fully saturated rings. The molecule has 0 bridgehead atoms. The smallest absolute Gasteiger partial charge is 0.254 e. The second-order valence-electron chi connectivity index (χ2n) is 8.55. The van der Waals surface area contributed by atoms with E-state index in [-0.39, 0.29) is 29.9 Å². The van der Waals surface area contributed by atoms with Gasteiger partial charge in [-0.3, -0.25) is 9.59 Å². The average molecular weight is 370 g/mol. The first-order valence-electron chi connectivity index (χ1n) is 10.4. The monoisotopic (exact) mass is 370 g/mol. The molecule has 2 amide bonds. The Morgan fingerprint density at radius 2 is 2.00 bits per heavy atom. The van der Waals surface area contributed by atoms with Crippen molar-refractivity contribution in [1.29, 1.82) is 0 Å². The molecule has 0 unspecified atom stereocenters. The quantitative estimate of drug-likeness (QED) is 0.885. The Labute approximate surface area is 161 Å². The van der Waals surface area contributed by atoms with Crippen LogP contribution >= 0.6 is 0 Å². The third kappa shape index (κ3) is 3.16. The number of nitrogens with one attached hydrogen (secondary N) is 1. The Morgan fingerprint density at radius 3 is 2.67 bits per heavy atom. The molecule has 1 aromatic carbocycles. The van der Waals surface area contributed by atoms with Crippen LogP contribution in [-0.4, -0.2) is 47.6 Å². The summed E-state index contributed by atoms with van der Waals surface area (Å²) < 4.78 is 5.86. The van der Waals surface area contributed by atoms with Gasteiger partial charge in [0.2, 0.25) is 5.91 Å². The topological polar surface area (TPSA) is 58.6 Å². The summed E-state index contributed by atoms with van der Waals surface area (Å²) in [7, 11) is 0. The van der Waals surface area contributed by atoms with Crippen LogP contribution in [0.2, 0.25) is 0 Å². The summed E-state index contributed by atoms with van der Waals surface area (Å²) in [5.41, 5.74) is 1.15. The molecule has 3 aliphatic rings. The molecule has 1 N–H and O–H groups in total. The molecule has 1 spiro atoms. The van der Waals surface area contributed by atoms with Gasteiger partial charge in [0.1, 0.15) is 0 Å². The highest BCUT2D eigenvalue weighted by molar-refractivity contribution is 6.02. The second kappa shape index (κ2) is 7.27. The lowest BCUT2D eigenvalue weighted by molar-refractivity contribution is -0.127. The molecule has 146 valence electrons. The first-order valence-corrected chi connectivity index (χ1v) is 10.4. The van der Waals surface area contributed by atoms with Crippen LogP contribution in [0.25, 0.3) is 0 Å². The zero-order valence-corrected chi connectivity index (χ0v) is 16.4. The van der Waals surface area contributed by atoms with Crippen molar-refractivity contribution >= 4 is 11.8 Å². The summed E-state index contributed by atoms with van der Waals surface area (Å²) in [4.78, 5) is 28.9. The molecule has 1 saturated carbocycles. The number of fused-ring (bicyclic) bond motifs is 1. The Bertz CT molecular complexity index is 718. The number of benzene rings is 1. The SMILES string of the molecule is CC(C)NC(=O)[C@H]1c2ccccc2C(=O)N(C[C@@H]2CCCO2)C12CCCC2. The van der Waals surface area contributed by atoms with Crippen molar-refractivity contribution in [1.82, 2.24) is 10.2 Å². The van der Waals surface area contributed by atoms with Gasteiger partial charge in [-0.2, -0.15) is 0 Å². The third-order valence-corrected chi connectivity index (χ3v) is 6.39. The van der Waals surface area contributed by atoms with E-state index in [0.29, 0.717) is 12.1 Å². The van der Waals surface area contributed by atoms with Crippen LogP contribution in [0.15, 0.2) is 24.3 Å². The van der Waals surface area contributed by atoms with Crippen molar-refractivity contribution in [3.05, 3.63) is 35.4 Å². The van der Waals surface area contributed by atoms with E-state index >= 15 is 0 Å². The van der Waals surface area contributed by atoms with E-state index in [9.17, 15) is 9.59 Å². The molecule has 2 atom stereocenters. The van der Waals surface area contributed by atoms with Crippen LogP contribution in [0.5, 0.6) is 0 Å². The molecule has 5 nitrogen and oxygen atoms in total. The number of hydrogen-bond acceptors (Lipinski definition) is 3. The third-order valence-electron chi connectivity index (χ3n) is 6.39. The zero-order chi connectivity index (χ0) is 19.0. The molecular weight excluding hydrogens is 340 g/mol. The summed E-state index contributed by atoms with van der Waals surface area (Å²) in [6.07, 6.45) is 6.01. The van der Waals surface area contributed by atoms with Crippen molar-refractivity contribution in [3.63, 3.8) is 0 Å². The van der Waals surface area contributed by atoms with Gasteiger partial charge in [-0.15, -0.1) is 0 Å². The minimum absolute atomic E-state index is 0.0455. The van der Waals surface area contributed by atoms with E-state index in [1.165, 1.54) is 0 Å². The van der Waals surface area contributed by atoms with Crippen LogP contribution in [0.1, 0.15) is 74.2 Å². The van der Waals surface area contributed by atoms with Crippen LogP contribution in [0.4, 0.5) is 0 Å². The highest BCUT2D eigenvalue weighted by Crippen LogP contribution is 2.50. The lowest BCUT2D eigenvalue weighted by Crippen LogP contribution is -2.62. The van der Waals surface area contributed by atoms with Gasteiger partial charge >= 0.3 is 0 Å². The Hall–Kier alpha value is -1.88. The van der Waals surface area contributed by atoms with Gasteiger partial charge in [-0.25, -0.2) is 0 Å². The predicted molar refractivity (Wildman–Crippen MR) is 104 cm³/mol. The molecule has 2 heterocycles. The number of hydrogen-bond donors (Lipinski definition) is 1. The fourth-order valence-corrected chi connectivity index (χ4v) is 5.29. The maximum absolute atomic E-state index is 13.5. The van der Waals surface area contributed by atoms with Crippen molar-refractivity contribution in [2.45, 2.75) is 76.0 Å². The number of amides is 2. The Balaban J connectivity index is 1.79. The van der Waals surface area contributed by atoms with Gasteiger partial charge in [0.15, 0.2) is 0 Å². The zero-order valence-electron chi connectivity index (χ0n) is 16.4. The number of carbonyl (C=O) groups excluding carboxylic acids is 2. The van der Waals surface area contributed by atoms with Gasteiger partial charge in [0.05, 0.1) is 17.6 Å². The van der Waals surface area contributed by atoms with E-state index in [4.69, 9.17) is 4.74 Å². The van der Waals surface area contributed by atoms with Crippen LogP contribution in [0.3, 0.4) is 0 Å². The average Bonchev–Trinajstić information content (AvgIpc) is 3.31. The summed E-state index contributed by atoms with van der Waals surface area (Å²) in [5, 5.41) is 3.13. The maximum atomic E-state index is 13.5. The van der Waals surface area contributed by atoms with Gasteiger partial charge in [-0.05, 0) is 51.2 Å². The van der Waals surface area contributed by atoms with E-state index in [1.54, 1.807) is 0 Å². The molecule has 5 heteroatoms. The molecule has 1 aromatic rings. The van der Waals surface area contributed by atoms with E-state index < -0.39 is 5.54 Å². The minimum atomic E-state index is -0.420. The van der Waals surface area contributed by atoms with Gasteiger partial charge in [0, 0.05) is 24.8 Å². The van der Waals surface area contributed by atoms with E-state index in [1.807, 2.05) is 43.0 Å². The predicted octanol–water partition coefficient (Wildman–Crippen LogP) is 3.24. The van der Waals surface area contributed by atoms with Gasteiger partial charge in [-0.1, -0.05) is 31.0 Å². The molecule has 1 aliphatic carbocycles. The summed E-state index contributed by atoms with van der Waals surface area (Å²) >= 11 is 0. The lowest BCUT2D eigenvalue weighted by Gasteiger charge is -2.50. The molecule has 0 aromatic heterocycles. The second-order valence-corrected chi connectivity index (χ2v) is 8.55. The van der Waals surface area contributed by atoms with E-state index in [2.05, 4.69) is 5.32 Å². The van der Waals surface area contributed by atoms with Crippen molar-refractivity contribution < 1.29 is 14.3 Å². The van der Waals surface area contributed by atoms with Gasteiger partial charge < -0.3 is 15.0 Å². The summed E-state index contributed by atoms with van der Waals surface area (Å²) in [6.45, 7) is 5.35. The molecular formula is C22H30N2O3. The normalized spacial score (nSPS) is 26.6. The first-order chi connectivity index (χ1) is 13.0. The standard InChI is InChI=1S/C22H30N2O3/c1-15(2)23-20(25)19-17-9-3-4-10-18(17)21(26)24(14-16-8-7-13-27-16)22(19)11-5-6-12-22/h3-4,9-10,15-16,19H,5-8,11-14H2,1-2H3,(H,23,25)/t16-,19+/m0/s1. The molecule has 2 aliphatic heterocycles. The minimum Gasteiger partial charge on any atom is -0.376 e. The molecule has 27 heavy (non-hydrogen) atoms. The number of rotatable bonds is 4. The van der Waals surface area contributed by atoms with Crippen LogP contribution in [-0.2, 0) is 9.53 Å².